The molecule has 0 saturated heterocycles. The van der Waals surface area contributed by atoms with Gasteiger partial charge in [0.15, 0.2) is 5.75 Å². The normalized spacial score (nSPS) is 11.2. The second-order valence-corrected chi connectivity index (χ2v) is 8.35. The number of benzene rings is 2. The molecule has 0 aliphatic rings. The number of aromatic amines is 1. The fraction of sp³-hybridized carbons (Fsp3) is 0.0588. The van der Waals surface area contributed by atoms with Crippen LogP contribution in [-0.2, 0) is 10.0 Å². The Morgan fingerprint density at radius 3 is 2.63 bits per heavy atom. The van der Waals surface area contributed by atoms with Crippen molar-refractivity contribution < 1.29 is 13.2 Å². The molecule has 3 rings (SSSR count). The lowest BCUT2D eigenvalue weighted by molar-refractivity contribution is 0.400. The van der Waals surface area contributed by atoms with Gasteiger partial charge < -0.3 is 4.74 Å². The van der Waals surface area contributed by atoms with E-state index in [9.17, 15) is 13.2 Å². The average Bonchev–Trinajstić information content (AvgIpc) is 2.61. The molecule has 0 saturated carbocycles. The summed E-state index contributed by atoms with van der Waals surface area (Å²) in [7, 11) is -2.60. The lowest BCUT2D eigenvalue weighted by Crippen LogP contribution is -2.14. The molecule has 0 aliphatic heterocycles. The molecule has 0 bridgehead atoms. The molecule has 2 N–H and O–H groups in total. The molecule has 0 unspecified atom stereocenters. The molecule has 27 heavy (non-hydrogen) atoms. The number of ether oxygens (including phenoxy) is 1. The molecule has 0 radical (unpaired) electrons. The van der Waals surface area contributed by atoms with Gasteiger partial charge in [0.2, 0.25) is 0 Å². The van der Waals surface area contributed by atoms with Crippen LogP contribution in [0.15, 0.2) is 62.7 Å². The first-order chi connectivity index (χ1) is 12.8. The van der Waals surface area contributed by atoms with E-state index in [0.717, 1.165) is 0 Å². The van der Waals surface area contributed by atoms with E-state index in [1.54, 1.807) is 36.4 Å². The molecule has 1 aromatic heterocycles. The highest BCUT2D eigenvalue weighted by Gasteiger charge is 2.23. The maximum Gasteiger partial charge on any atom is 0.265 e. The SMILES string of the molecule is COc1c(Br)cc(Cl)cc1S(=O)(=O)Nc1cccc(-c2ccc(=O)[nH]n2)c1. The van der Waals surface area contributed by atoms with Crippen molar-refractivity contribution in [2.45, 2.75) is 4.90 Å². The van der Waals surface area contributed by atoms with Crippen molar-refractivity contribution in [3.05, 3.63) is 68.4 Å². The number of H-pyrrole nitrogens is 1. The first-order valence-corrected chi connectivity index (χ1v) is 10.2. The van der Waals surface area contributed by atoms with Crippen LogP contribution in [0, 0.1) is 0 Å². The van der Waals surface area contributed by atoms with Crippen molar-refractivity contribution in [1.82, 2.24) is 10.2 Å². The summed E-state index contributed by atoms with van der Waals surface area (Å²) >= 11 is 9.24. The van der Waals surface area contributed by atoms with Gasteiger partial charge in [-0.25, -0.2) is 13.5 Å². The van der Waals surface area contributed by atoms with Crippen LogP contribution in [0.3, 0.4) is 0 Å². The van der Waals surface area contributed by atoms with Crippen LogP contribution in [-0.4, -0.2) is 25.7 Å². The predicted octanol–water partition coefficient (Wildman–Crippen LogP) is 3.66. The molecule has 2 aromatic carbocycles. The summed E-state index contributed by atoms with van der Waals surface area (Å²) in [6.07, 6.45) is 0. The van der Waals surface area contributed by atoms with Gasteiger partial charge in [-0.05, 0) is 46.3 Å². The third kappa shape index (κ3) is 4.32. The fourth-order valence-corrected chi connectivity index (χ4v) is 4.83. The van der Waals surface area contributed by atoms with Crippen molar-refractivity contribution in [2.75, 3.05) is 11.8 Å². The van der Waals surface area contributed by atoms with E-state index in [0.29, 0.717) is 21.4 Å². The van der Waals surface area contributed by atoms with E-state index in [4.69, 9.17) is 16.3 Å². The standard InChI is InChI=1S/C17H13BrClN3O4S/c1-26-17-13(18)8-11(19)9-15(17)27(24,25)22-12-4-2-3-10(7-12)14-5-6-16(23)21-20-14/h2-9,22H,1H3,(H,21,23). The molecule has 140 valence electrons. The van der Waals surface area contributed by atoms with Crippen LogP contribution < -0.4 is 15.0 Å². The number of nitrogens with one attached hydrogen (secondary N) is 2. The zero-order valence-electron chi connectivity index (χ0n) is 13.9. The van der Waals surface area contributed by atoms with Gasteiger partial charge in [0.05, 0.1) is 17.3 Å². The molecule has 0 aliphatic carbocycles. The van der Waals surface area contributed by atoms with Gasteiger partial charge in [-0.1, -0.05) is 23.7 Å². The molecule has 1 heterocycles. The van der Waals surface area contributed by atoms with E-state index in [2.05, 4.69) is 30.8 Å². The zero-order valence-corrected chi connectivity index (χ0v) is 17.0. The van der Waals surface area contributed by atoms with Crippen LogP contribution in [0.1, 0.15) is 0 Å². The highest BCUT2D eigenvalue weighted by Crippen LogP contribution is 2.36. The Hall–Kier alpha value is -2.36. The molecule has 0 fully saturated rings. The Balaban J connectivity index is 1.99. The summed E-state index contributed by atoms with van der Waals surface area (Å²) in [5.74, 6) is 0.144. The fourth-order valence-electron chi connectivity index (χ4n) is 2.39. The van der Waals surface area contributed by atoms with Crippen LogP contribution in [0.25, 0.3) is 11.3 Å². The Morgan fingerprint density at radius 1 is 1.19 bits per heavy atom. The number of aromatic nitrogens is 2. The molecule has 7 nitrogen and oxygen atoms in total. The largest absolute Gasteiger partial charge is 0.494 e. The summed E-state index contributed by atoms with van der Waals surface area (Å²) < 4.78 is 33.8. The number of halogens is 2. The molecule has 10 heteroatoms. The van der Waals surface area contributed by atoms with E-state index in [-0.39, 0.29) is 21.2 Å². The minimum Gasteiger partial charge on any atom is -0.494 e. The van der Waals surface area contributed by atoms with Crippen molar-refractivity contribution in [1.29, 1.82) is 0 Å². The van der Waals surface area contributed by atoms with Crippen molar-refractivity contribution >= 4 is 43.2 Å². The molecular formula is C17H13BrClN3O4S. The molecule has 3 aromatic rings. The summed E-state index contributed by atoms with van der Waals surface area (Å²) in [4.78, 5) is 11.0. The summed E-state index contributed by atoms with van der Waals surface area (Å²) in [5.41, 5.74) is 1.12. The number of sulfonamides is 1. The van der Waals surface area contributed by atoms with Gasteiger partial charge in [-0.3, -0.25) is 9.52 Å². The number of anilines is 1. The van der Waals surface area contributed by atoms with Gasteiger partial charge in [-0.2, -0.15) is 5.10 Å². The third-order valence-electron chi connectivity index (χ3n) is 3.56. The first-order valence-electron chi connectivity index (χ1n) is 7.52. The van der Waals surface area contributed by atoms with Gasteiger partial charge >= 0.3 is 0 Å². The first kappa shape index (κ1) is 19.4. The highest BCUT2D eigenvalue weighted by atomic mass is 79.9. The number of hydrogen-bond acceptors (Lipinski definition) is 5. The van der Waals surface area contributed by atoms with Crippen LogP contribution >= 0.6 is 27.5 Å². The minimum absolute atomic E-state index is 0.100. The van der Waals surface area contributed by atoms with Gasteiger partial charge in [0.1, 0.15) is 4.90 Å². The van der Waals surface area contributed by atoms with E-state index < -0.39 is 10.0 Å². The molecule has 0 amide bonds. The molecule has 0 atom stereocenters. The second-order valence-electron chi connectivity index (χ2n) is 5.41. The van der Waals surface area contributed by atoms with Crippen LogP contribution in [0.5, 0.6) is 5.75 Å². The van der Waals surface area contributed by atoms with Crippen LogP contribution in [0.4, 0.5) is 5.69 Å². The minimum atomic E-state index is -3.97. The smallest absolute Gasteiger partial charge is 0.265 e. The lowest BCUT2D eigenvalue weighted by atomic mass is 10.1. The van der Waals surface area contributed by atoms with Crippen molar-refractivity contribution in [3.8, 4) is 17.0 Å². The quantitative estimate of drug-likeness (QED) is 0.592. The van der Waals surface area contributed by atoms with Crippen molar-refractivity contribution in [2.24, 2.45) is 0 Å². The maximum absolute atomic E-state index is 12.8. The Labute approximate surface area is 168 Å². The van der Waals surface area contributed by atoms with E-state index in [1.807, 2.05) is 0 Å². The monoisotopic (exact) mass is 469 g/mol. The van der Waals surface area contributed by atoms with Crippen LogP contribution in [0.2, 0.25) is 5.02 Å². The predicted molar refractivity (Wildman–Crippen MR) is 107 cm³/mol. The maximum atomic E-state index is 12.8. The number of hydrogen-bond donors (Lipinski definition) is 2. The number of rotatable bonds is 5. The number of nitrogens with zero attached hydrogens (tertiary/aromatic N) is 1. The molecule has 0 spiro atoms. The van der Waals surface area contributed by atoms with Gasteiger partial charge in [-0.15, -0.1) is 0 Å². The van der Waals surface area contributed by atoms with Gasteiger partial charge in [0.25, 0.3) is 15.6 Å². The van der Waals surface area contributed by atoms with E-state index >= 15 is 0 Å². The Morgan fingerprint density at radius 2 is 1.96 bits per heavy atom. The average molecular weight is 471 g/mol. The summed E-state index contributed by atoms with van der Waals surface area (Å²) in [5, 5.41) is 6.52. The number of methoxy groups -OCH3 is 1. The summed E-state index contributed by atoms with van der Waals surface area (Å²) in [6, 6.07) is 12.4. The highest BCUT2D eigenvalue weighted by molar-refractivity contribution is 9.10. The summed E-state index contributed by atoms with van der Waals surface area (Å²) in [6.45, 7) is 0. The van der Waals surface area contributed by atoms with Gasteiger partial charge in [0, 0.05) is 22.3 Å². The van der Waals surface area contributed by atoms with E-state index in [1.165, 1.54) is 19.2 Å². The lowest BCUT2D eigenvalue weighted by Gasteiger charge is -2.14. The Bertz CT molecular complexity index is 1140. The second kappa shape index (κ2) is 7.71. The zero-order chi connectivity index (χ0) is 19.6. The third-order valence-corrected chi connectivity index (χ3v) is 5.75. The molecular weight excluding hydrogens is 458 g/mol. The van der Waals surface area contributed by atoms with Crippen molar-refractivity contribution in [3.63, 3.8) is 0 Å². The Kier molecular flexibility index (Phi) is 5.54. The topological polar surface area (TPSA) is 101 Å².